The highest BCUT2D eigenvalue weighted by atomic mass is 16.6. The van der Waals surface area contributed by atoms with Crippen molar-refractivity contribution in [2.45, 2.75) is 38.1 Å². The second-order valence-electron chi connectivity index (χ2n) is 8.43. The van der Waals surface area contributed by atoms with E-state index in [1.165, 1.54) is 29.3 Å². The number of non-ortho nitro benzene ring substituents is 2. The van der Waals surface area contributed by atoms with Crippen LogP contribution in [0.4, 0.5) is 11.4 Å². The molecule has 0 aromatic heterocycles. The van der Waals surface area contributed by atoms with Gasteiger partial charge >= 0.3 is 5.97 Å². The third-order valence-electron chi connectivity index (χ3n) is 6.20. The molecule has 2 aromatic rings. The van der Waals surface area contributed by atoms with E-state index in [1.807, 2.05) is 6.08 Å². The summed E-state index contributed by atoms with van der Waals surface area (Å²) in [6.07, 6.45) is 3.61. The lowest BCUT2D eigenvalue weighted by Crippen LogP contribution is -2.32. The summed E-state index contributed by atoms with van der Waals surface area (Å²) in [5.74, 6) is -1.69. The van der Waals surface area contributed by atoms with Gasteiger partial charge in [-0.1, -0.05) is 12.1 Å². The van der Waals surface area contributed by atoms with Gasteiger partial charge in [0.1, 0.15) is 0 Å². The highest BCUT2D eigenvalue weighted by molar-refractivity contribution is 6.08. The van der Waals surface area contributed by atoms with Crippen molar-refractivity contribution in [3.8, 4) is 0 Å². The molecule has 0 spiro atoms. The van der Waals surface area contributed by atoms with Crippen LogP contribution in [0.3, 0.4) is 0 Å². The number of nitro groups is 2. The summed E-state index contributed by atoms with van der Waals surface area (Å²) in [7, 11) is 0. The largest absolute Gasteiger partial charge is 0.481 e. The number of carboxylic acid groups (broad SMARTS) is 1. The standard InChI is InChI=1S/C24H22N4O7/c29-21(12-13-22(30)31)26-24(16-6-10-19(11-7-16)28(34)35)20-3-1-2-17(23(20)25-26)14-15-4-8-18(9-5-15)27(32)33/h4-11,14,20,24H,1-3,12-13H2,(H,30,31)/b17-14+/t20-,24+/m1/s1. The van der Waals surface area contributed by atoms with Crippen molar-refractivity contribution in [3.63, 3.8) is 0 Å². The van der Waals surface area contributed by atoms with E-state index >= 15 is 0 Å². The summed E-state index contributed by atoms with van der Waals surface area (Å²) in [6, 6.07) is 11.6. The monoisotopic (exact) mass is 478 g/mol. The second-order valence-corrected chi connectivity index (χ2v) is 8.43. The lowest BCUT2D eigenvalue weighted by atomic mass is 9.77. The van der Waals surface area contributed by atoms with E-state index in [0.29, 0.717) is 17.7 Å². The van der Waals surface area contributed by atoms with Crippen molar-refractivity contribution < 1.29 is 24.5 Å². The van der Waals surface area contributed by atoms with Crippen LogP contribution in [0.5, 0.6) is 0 Å². The van der Waals surface area contributed by atoms with Crippen LogP contribution >= 0.6 is 0 Å². The fraction of sp³-hybridized carbons (Fsp3) is 0.292. The van der Waals surface area contributed by atoms with Crippen LogP contribution in [0, 0.1) is 26.1 Å². The van der Waals surface area contributed by atoms with Crippen molar-refractivity contribution >= 4 is 35.0 Å². The molecule has 2 aliphatic rings. The lowest BCUT2D eigenvalue weighted by Gasteiger charge is -2.29. The highest BCUT2D eigenvalue weighted by Crippen LogP contribution is 2.45. The van der Waals surface area contributed by atoms with E-state index in [4.69, 9.17) is 5.11 Å². The molecule has 35 heavy (non-hydrogen) atoms. The molecule has 0 radical (unpaired) electrons. The fourth-order valence-electron chi connectivity index (χ4n) is 4.56. The number of rotatable bonds is 7. The van der Waals surface area contributed by atoms with Gasteiger partial charge in [0.05, 0.1) is 28.0 Å². The molecule has 2 atom stereocenters. The predicted molar refractivity (Wildman–Crippen MR) is 125 cm³/mol. The average molecular weight is 478 g/mol. The quantitative estimate of drug-likeness (QED) is 0.454. The Morgan fingerprint density at radius 1 is 1.00 bits per heavy atom. The van der Waals surface area contributed by atoms with Crippen LogP contribution in [0.25, 0.3) is 6.08 Å². The first-order valence-corrected chi connectivity index (χ1v) is 11.1. The van der Waals surface area contributed by atoms with Crippen molar-refractivity contribution in [1.29, 1.82) is 0 Å². The molecule has 2 aromatic carbocycles. The van der Waals surface area contributed by atoms with Crippen molar-refractivity contribution in [2.75, 3.05) is 0 Å². The van der Waals surface area contributed by atoms with E-state index in [-0.39, 0.29) is 30.1 Å². The number of carboxylic acids is 1. The van der Waals surface area contributed by atoms with Gasteiger partial charge < -0.3 is 5.11 Å². The van der Waals surface area contributed by atoms with Gasteiger partial charge in [0.2, 0.25) is 5.91 Å². The van der Waals surface area contributed by atoms with Gasteiger partial charge in [0.25, 0.3) is 11.4 Å². The molecular weight excluding hydrogens is 456 g/mol. The minimum Gasteiger partial charge on any atom is -0.481 e. The van der Waals surface area contributed by atoms with Crippen molar-refractivity contribution in [3.05, 3.63) is 85.5 Å². The zero-order chi connectivity index (χ0) is 25.1. The van der Waals surface area contributed by atoms with Gasteiger partial charge in [0.15, 0.2) is 0 Å². The van der Waals surface area contributed by atoms with Crippen molar-refractivity contribution in [2.24, 2.45) is 11.0 Å². The molecular formula is C24H22N4O7. The minimum atomic E-state index is -1.09. The first-order chi connectivity index (χ1) is 16.7. The van der Waals surface area contributed by atoms with Crippen LogP contribution in [0.1, 0.15) is 49.3 Å². The zero-order valence-corrected chi connectivity index (χ0v) is 18.6. The molecule has 0 unspecified atom stereocenters. The maximum absolute atomic E-state index is 13.0. The number of amides is 1. The van der Waals surface area contributed by atoms with Crippen LogP contribution in [-0.2, 0) is 9.59 Å². The predicted octanol–water partition coefficient (Wildman–Crippen LogP) is 4.49. The maximum atomic E-state index is 13.0. The molecule has 0 saturated heterocycles. The number of hydrogen-bond donors (Lipinski definition) is 1. The van der Waals surface area contributed by atoms with E-state index in [1.54, 1.807) is 24.3 Å². The first-order valence-electron chi connectivity index (χ1n) is 11.1. The average Bonchev–Trinajstić information content (AvgIpc) is 3.23. The number of hydrazone groups is 1. The maximum Gasteiger partial charge on any atom is 0.303 e. The summed E-state index contributed by atoms with van der Waals surface area (Å²) >= 11 is 0. The summed E-state index contributed by atoms with van der Waals surface area (Å²) < 4.78 is 0. The molecule has 180 valence electrons. The summed E-state index contributed by atoms with van der Waals surface area (Å²) in [5.41, 5.74) is 2.97. The number of fused-ring (bicyclic) bond motifs is 1. The smallest absolute Gasteiger partial charge is 0.303 e. The number of allylic oxidation sites excluding steroid dienone is 1. The summed E-state index contributed by atoms with van der Waals surface area (Å²) in [5, 5.41) is 37.0. The molecule has 11 heteroatoms. The van der Waals surface area contributed by atoms with Gasteiger partial charge in [-0.2, -0.15) is 5.10 Å². The van der Waals surface area contributed by atoms with Gasteiger partial charge in [0, 0.05) is 36.6 Å². The molecule has 1 amide bonds. The fourth-order valence-corrected chi connectivity index (χ4v) is 4.56. The Labute approximate surface area is 199 Å². The Balaban J connectivity index is 1.69. The van der Waals surface area contributed by atoms with E-state index in [9.17, 15) is 29.8 Å². The van der Waals surface area contributed by atoms with E-state index < -0.39 is 27.8 Å². The van der Waals surface area contributed by atoms with Gasteiger partial charge in [-0.25, -0.2) is 5.01 Å². The Bertz CT molecular complexity index is 1240. The molecule has 4 rings (SSSR count). The molecule has 11 nitrogen and oxygen atoms in total. The highest BCUT2D eigenvalue weighted by Gasteiger charge is 2.43. The van der Waals surface area contributed by atoms with Crippen LogP contribution in [0.15, 0.2) is 59.2 Å². The number of carbonyl (C=O) groups is 2. The van der Waals surface area contributed by atoms with Crippen LogP contribution < -0.4 is 0 Å². The molecule has 1 aliphatic heterocycles. The third kappa shape index (κ3) is 5.08. The molecule has 1 N–H and O–H groups in total. The summed E-state index contributed by atoms with van der Waals surface area (Å²) in [4.78, 5) is 45.0. The minimum absolute atomic E-state index is 0.0136. The van der Waals surface area contributed by atoms with E-state index in [2.05, 4.69) is 5.10 Å². The lowest BCUT2D eigenvalue weighted by molar-refractivity contribution is -0.385. The second kappa shape index (κ2) is 9.84. The van der Waals surface area contributed by atoms with Gasteiger partial charge in [-0.3, -0.25) is 29.8 Å². The first kappa shape index (κ1) is 23.7. The van der Waals surface area contributed by atoms with Gasteiger partial charge in [-0.15, -0.1) is 0 Å². The Morgan fingerprint density at radius 3 is 2.17 bits per heavy atom. The third-order valence-corrected chi connectivity index (χ3v) is 6.20. The molecule has 1 saturated carbocycles. The summed E-state index contributed by atoms with van der Waals surface area (Å²) in [6.45, 7) is 0. The number of nitro benzene ring substituents is 2. The molecule has 1 fully saturated rings. The molecule has 1 aliphatic carbocycles. The Kier molecular flexibility index (Phi) is 6.67. The van der Waals surface area contributed by atoms with Gasteiger partial charge in [-0.05, 0) is 54.2 Å². The molecule has 1 heterocycles. The zero-order valence-electron chi connectivity index (χ0n) is 18.6. The number of benzene rings is 2. The van der Waals surface area contributed by atoms with Crippen LogP contribution in [0.2, 0.25) is 0 Å². The molecule has 0 bridgehead atoms. The van der Waals surface area contributed by atoms with E-state index in [0.717, 1.165) is 24.0 Å². The topological polar surface area (TPSA) is 156 Å². The number of hydrogen-bond acceptors (Lipinski definition) is 7. The Hall–Kier alpha value is -4.41. The SMILES string of the molecule is O=C(O)CCC(=O)N1N=C2/C(=C/c3ccc([N+](=O)[O-])cc3)CCC[C@H]2[C@@H]1c1ccc([N+](=O)[O-])cc1. The van der Waals surface area contributed by atoms with Crippen molar-refractivity contribution in [1.82, 2.24) is 5.01 Å². The van der Waals surface area contributed by atoms with Crippen LogP contribution in [-0.4, -0.2) is 37.6 Å². The number of nitrogens with zero attached hydrogens (tertiary/aromatic N) is 4. The normalized spacial score (nSPS) is 20.3. The number of carbonyl (C=O) groups excluding carboxylic acids is 1. The Morgan fingerprint density at radius 2 is 1.60 bits per heavy atom. The number of aliphatic carboxylic acids is 1.